The molecule has 0 saturated carbocycles. The van der Waals surface area contributed by atoms with Gasteiger partial charge in [0.2, 0.25) is 0 Å². The van der Waals surface area contributed by atoms with E-state index >= 15 is 0 Å². The quantitative estimate of drug-likeness (QED) is 0.220. The molecular weight excluding hydrogens is 512 g/mol. The molecule has 2 heterocycles. The van der Waals surface area contributed by atoms with Crippen LogP contribution in [0.25, 0.3) is 77.4 Å². The topological polar surface area (TPSA) is 38.9 Å². The molecule has 0 spiro atoms. The molecule has 1 aliphatic carbocycles. The van der Waals surface area contributed by atoms with Gasteiger partial charge >= 0.3 is 0 Å². The maximum absolute atomic E-state index is 6.43. The zero-order valence-corrected chi connectivity index (χ0v) is 23.3. The van der Waals surface area contributed by atoms with Crippen molar-refractivity contribution in [3.05, 3.63) is 132 Å². The molecule has 2 aromatic heterocycles. The second-order valence-electron chi connectivity index (χ2n) is 11.8. The van der Waals surface area contributed by atoms with E-state index < -0.39 is 0 Å². The van der Waals surface area contributed by atoms with Crippen molar-refractivity contribution >= 4 is 43.7 Å². The van der Waals surface area contributed by atoms with E-state index in [0.29, 0.717) is 0 Å². The van der Waals surface area contributed by atoms with Crippen LogP contribution >= 0.6 is 0 Å². The zero-order chi connectivity index (χ0) is 28.0. The van der Waals surface area contributed by atoms with Crippen LogP contribution in [-0.2, 0) is 5.41 Å². The highest BCUT2D eigenvalue weighted by molar-refractivity contribution is 6.21. The van der Waals surface area contributed by atoms with Gasteiger partial charge in [-0.3, -0.25) is 0 Å². The summed E-state index contributed by atoms with van der Waals surface area (Å²) in [6.07, 6.45) is 0. The van der Waals surface area contributed by atoms with Crippen LogP contribution < -0.4 is 0 Å². The van der Waals surface area contributed by atoms with Crippen LogP contribution in [0.2, 0.25) is 0 Å². The maximum atomic E-state index is 6.43. The molecule has 0 N–H and O–H groups in total. The zero-order valence-electron chi connectivity index (χ0n) is 23.3. The number of para-hydroxylation sites is 3. The minimum Gasteiger partial charge on any atom is -0.456 e. The third-order valence-corrected chi connectivity index (χ3v) is 9.05. The van der Waals surface area contributed by atoms with Gasteiger partial charge in [0.25, 0.3) is 0 Å². The molecule has 42 heavy (non-hydrogen) atoms. The predicted molar refractivity (Wildman–Crippen MR) is 173 cm³/mol. The molecule has 198 valence electrons. The van der Waals surface area contributed by atoms with Crippen molar-refractivity contribution in [2.24, 2.45) is 0 Å². The lowest BCUT2D eigenvalue weighted by molar-refractivity contribution is 0.660. The summed E-state index contributed by atoms with van der Waals surface area (Å²) >= 11 is 0. The van der Waals surface area contributed by atoms with Gasteiger partial charge in [-0.15, -0.1) is 0 Å². The Morgan fingerprint density at radius 1 is 0.548 bits per heavy atom. The summed E-state index contributed by atoms with van der Waals surface area (Å²) in [5.41, 5.74) is 12.5. The van der Waals surface area contributed by atoms with Crippen LogP contribution in [-0.4, -0.2) is 9.97 Å². The highest BCUT2D eigenvalue weighted by Gasteiger charge is 2.35. The van der Waals surface area contributed by atoms with E-state index in [2.05, 4.69) is 105 Å². The molecular formula is C39H26N2O. The van der Waals surface area contributed by atoms with Crippen molar-refractivity contribution in [3.63, 3.8) is 0 Å². The molecule has 0 amide bonds. The van der Waals surface area contributed by atoms with E-state index in [0.717, 1.165) is 66.3 Å². The van der Waals surface area contributed by atoms with Gasteiger partial charge in [0, 0.05) is 27.3 Å². The number of nitrogens with zero attached hydrogens (tertiary/aromatic N) is 2. The molecule has 0 fully saturated rings. The third kappa shape index (κ3) is 3.16. The normalized spacial score (nSPS) is 13.7. The first-order valence-corrected chi connectivity index (χ1v) is 14.4. The van der Waals surface area contributed by atoms with Crippen molar-refractivity contribution in [1.29, 1.82) is 0 Å². The highest BCUT2D eigenvalue weighted by atomic mass is 16.3. The molecule has 1 aliphatic rings. The number of furan rings is 1. The summed E-state index contributed by atoms with van der Waals surface area (Å²) in [7, 11) is 0. The summed E-state index contributed by atoms with van der Waals surface area (Å²) in [6, 6.07) is 42.7. The molecule has 0 saturated heterocycles. The average molecular weight is 539 g/mol. The lowest BCUT2D eigenvalue weighted by Crippen LogP contribution is -2.15. The molecule has 0 aliphatic heterocycles. The molecule has 0 bridgehead atoms. The SMILES string of the molecule is CC1(C)c2ccccc2-c2ccc(-c3nc4ccccc4nc3-c3c4ccccc4cc4oc5ccccc5c34)cc21. The van der Waals surface area contributed by atoms with Gasteiger partial charge in [0.05, 0.1) is 22.4 Å². The van der Waals surface area contributed by atoms with E-state index in [1.165, 1.54) is 22.3 Å². The van der Waals surface area contributed by atoms with E-state index in [1.807, 2.05) is 30.3 Å². The highest BCUT2D eigenvalue weighted by Crippen LogP contribution is 2.50. The van der Waals surface area contributed by atoms with Crippen LogP contribution in [0.3, 0.4) is 0 Å². The Bertz CT molecular complexity index is 2400. The molecule has 9 rings (SSSR count). The summed E-state index contributed by atoms with van der Waals surface area (Å²) in [4.78, 5) is 10.7. The van der Waals surface area contributed by atoms with Gasteiger partial charge in [-0.1, -0.05) is 105 Å². The van der Waals surface area contributed by atoms with E-state index in [-0.39, 0.29) is 5.41 Å². The van der Waals surface area contributed by atoms with Crippen molar-refractivity contribution in [1.82, 2.24) is 9.97 Å². The molecule has 0 radical (unpaired) electrons. The minimum absolute atomic E-state index is 0.111. The number of rotatable bonds is 2. The smallest absolute Gasteiger partial charge is 0.136 e. The number of hydrogen-bond donors (Lipinski definition) is 0. The van der Waals surface area contributed by atoms with Gasteiger partial charge in [-0.2, -0.15) is 0 Å². The Hall–Kier alpha value is -5.28. The van der Waals surface area contributed by atoms with Crippen LogP contribution in [0.15, 0.2) is 126 Å². The molecule has 0 unspecified atom stereocenters. The molecule has 0 atom stereocenters. The number of aromatic nitrogens is 2. The van der Waals surface area contributed by atoms with Gasteiger partial charge in [0.15, 0.2) is 0 Å². The lowest BCUT2D eigenvalue weighted by Gasteiger charge is -2.22. The monoisotopic (exact) mass is 538 g/mol. The lowest BCUT2D eigenvalue weighted by atomic mass is 9.81. The predicted octanol–water partition coefficient (Wildman–Crippen LogP) is 10.3. The fraction of sp³-hybridized carbons (Fsp3) is 0.0769. The Balaban J connectivity index is 1.41. The van der Waals surface area contributed by atoms with Gasteiger partial charge < -0.3 is 4.42 Å². The fourth-order valence-electron chi connectivity index (χ4n) is 7.02. The Labute approximate surface area is 243 Å². The number of hydrogen-bond acceptors (Lipinski definition) is 3. The van der Waals surface area contributed by atoms with Gasteiger partial charge in [-0.25, -0.2) is 9.97 Å². The third-order valence-electron chi connectivity index (χ3n) is 9.05. The first-order chi connectivity index (χ1) is 20.6. The first-order valence-electron chi connectivity index (χ1n) is 14.4. The number of benzene rings is 6. The minimum atomic E-state index is -0.111. The average Bonchev–Trinajstić information content (AvgIpc) is 3.51. The molecule has 3 heteroatoms. The largest absolute Gasteiger partial charge is 0.456 e. The van der Waals surface area contributed by atoms with Crippen LogP contribution in [0.5, 0.6) is 0 Å². The standard InChI is InChI=1S/C39H26N2O/c1-39(2)29-15-7-5-13-26(29)27-20-19-24(21-30(27)39)37-38(41-32-17-9-8-16-31(32)40-37)36-25-12-4-3-11-23(25)22-34-35(36)28-14-6-10-18-33(28)42-34/h3-22H,1-2H3. The van der Waals surface area contributed by atoms with Crippen molar-refractivity contribution in [2.75, 3.05) is 0 Å². The van der Waals surface area contributed by atoms with Crippen LogP contribution in [0.1, 0.15) is 25.0 Å². The van der Waals surface area contributed by atoms with Crippen LogP contribution in [0, 0.1) is 0 Å². The number of fused-ring (bicyclic) bond motifs is 8. The Morgan fingerprint density at radius 3 is 2.07 bits per heavy atom. The first kappa shape index (κ1) is 23.4. The van der Waals surface area contributed by atoms with Crippen molar-refractivity contribution in [2.45, 2.75) is 19.3 Å². The second-order valence-corrected chi connectivity index (χ2v) is 11.8. The fourth-order valence-corrected chi connectivity index (χ4v) is 7.02. The second kappa shape index (κ2) is 8.37. The van der Waals surface area contributed by atoms with Crippen LogP contribution in [0.4, 0.5) is 0 Å². The van der Waals surface area contributed by atoms with E-state index in [9.17, 15) is 0 Å². The van der Waals surface area contributed by atoms with Gasteiger partial charge in [0.1, 0.15) is 11.2 Å². The van der Waals surface area contributed by atoms with Gasteiger partial charge in [-0.05, 0) is 63.4 Å². The summed E-state index contributed by atoms with van der Waals surface area (Å²) in [5, 5.41) is 4.41. The van der Waals surface area contributed by atoms with Crippen molar-refractivity contribution in [3.8, 4) is 33.6 Å². The summed E-state index contributed by atoms with van der Waals surface area (Å²) in [5.74, 6) is 0. The summed E-state index contributed by atoms with van der Waals surface area (Å²) in [6.45, 7) is 4.64. The Kier molecular flexibility index (Phi) is 4.67. The molecule has 3 nitrogen and oxygen atoms in total. The molecule has 8 aromatic rings. The maximum Gasteiger partial charge on any atom is 0.136 e. The van der Waals surface area contributed by atoms with Crippen molar-refractivity contribution < 1.29 is 4.42 Å². The van der Waals surface area contributed by atoms with E-state index in [4.69, 9.17) is 14.4 Å². The Morgan fingerprint density at radius 2 is 1.21 bits per heavy atom. The molecule has 6 aromatic carbocycles. The van der Waals surface area contributed by atoms with E-state index in [1.54, 1.807) is 0 Å². The summed E-state index contributed by atoms with van der Waals surface area (Å²) < 4.78 is 6.43.